The van der Waals surface area contributed by atoms with Crippen molar-refractivity contribution in [3.05, 3.63) is 70.0 Å². The predicted molar refractivity (Wildman–Crippen MR) is 111 cm³/mol. The molecule has 0 spiro atoms. The van der Waals surface area contributed by atoms with Gasteiger partial charge in [0.1, 0.15) is 5.52 Å². The lowest BCUT2D eigenvalue weighted by Gasteiger charge is -2.33. The van der Waals surface area contributed by atoms with Gasteiger partial charge in [-0.1, -0.05) is 41.6 Å². The highest BCUT2D eigenvalue weighted by Gasteiger charge is 2.20. The lowest BCUT2D eigenvalue weighted by Crippen LogP contribution is -2.44. The molecule has 1 atom stereocenters. The summed E-state index contributed by atoms with van der Waals surface area (Å²) in [6.07, 6.45) is 1.24. The Kier molecular flexibility index (Phi) is 5.67. The summed E-state index contributed by atoms with van der Waals surface area (Å²) in [5.41, 5.74) is 3.13. The minimum Gasteiger partial charge on any atom is -0.354 e. The van der Waals surface area contributed by atoms with Crippen LogP contribution in [0.4, 0.5) is 0 Å². The van der Waals surface area contributed by atoms with Gasteiger partial charge in [0.25, 0.3) is 5.56 Å². The molecule has 150 valence electrons. The van der Waals surface area contributed by atoms with E-state index in [0.717, 1.165) is 19.5 Å². The van der Waals surface area contributed by atoms with E-state index in [9.17, 15) is 9.59 Å². The monoisotopic (exact) mass is 391 g/mol. The molecule has 2 aromatic carbocycles. The van der Waals surface area contributed by atoms with E-state index in [2.05, 4.69) is 51.7 Å². The summed E-state index contributed by atoms with van der Waals surface area (Å²) >= 11 is 0. The zero-order valence-electron chi connectivity index (χ0n) is 16.5. The Hall–Kier alpha value is -3.06. The summed E-state index contributed by atoms with van der Waals surface area (Å²) < 4.78 is 1.26. The quantitative estimate of drug-likeness (QED) is 0.692. The number of hydrogen-bond donors (Lipinski definition) is 1. The second kappa shape index (κ2) is 8.53. The van der Waals surface area contributed by atoms with Gasteiger partial charge in [0, 0.05) is 32.1 Å². The maximum Gasteiger partial charge on any atom is 0.277 e. The van der Waals surface area contributed by atoms with Gasteiger partial charge in [-0.25, -0.2) is 4.68 Å². The molecule has 1 aliphatic rings. The Balaban J connectivity index is 1.28. The number of fused-ring (bicyclic) bond motifs is 2. The van der Waals surface area contributed by atoms with Gasteiger partial charge in [-0.05, 0) is 36.6 Å². The second-order valence-electron chi connectivity index (χ2n) is 7.53. The minimum atomic E-state index is -0.219. The third-order valence-corrected chi connectivity index (χ3v) is 5.56. The standard InChI is InChI=1S/C22H25N5O2/c1-16(26-12-10-17-6-2-3-7-18(17)15-26)14-23-21(28)11-13-27-22(29)19-8-4-5-9-20(19)24-25-27/h2-9,16H,10-15H2,1H3,(H,23,28). The topological polar surface area (TPSA) is 80.1 Å². The number of aromatic nitrogens is 3. The van der Waals surface area contributed by atoms with E-state index in [4.69, 9.17) is 0 Å². The zero-order chi connectivity index (χ0) is 20.2. The molecule has 1 aliphatic heterocycles. The maximum atomic E-state index is 12.4. The van der Waals surface area contributed by atoms with Gasteiger partial charge in [0.2, 0.25) is 5.91 Å². The van der Waals surface area contributed by atoms with Gasteiger partial charge >= 0.3 is 0 Å². The fraction of sp³-hybridized carbons (Fsp3) is 0.364. The van der Waals surface area contributed by atoms with E-state index < -0.39 is 0 Å². The van der Waals surface area contributed by atoms with Crippen molar-refractivity contribution in [2.75, 3.05) is 13.1 Å². The van der Waals surface area contributed by atoms with E-state index in [1.54, 1.807) is 18.2 Å². The fourth-order valence-corrected chi connectivity index (χ4v) is 3.75. The largest absolute Gasteiger partial charge is 0.354 e. The molecule has 0 saturated carbocycles. The van der Waals surface area contributed by atoms with Crippen molar-refractivity contribution in [1.82, 2.24) is 25.2 Å². The van der Waals surface area contributed by atoms with Crippen LogP contribution in [-0.2, 0) is 24.3 Å². The number of nitrogens with one attached hydrogen (secondary N) is 1. The molecule has 1 unspecified atom stereocenters. The molecule has 1 N–H and O–H groups in total. The van der Waals surface area contributed by atoms with Crippen molar-refractivity contribution in [2.24, 2.45) is 0 Å². The SMILES string of the molecule is CC(CNC(=O)CCn1nnc2ccccc2c1=O)N1CCc2ccccc2C1. The average Bonchev–Trinajstić information content (AvgIpc) is 2.77. The van der Waals surface area contributed by atoms with Crippen molar-refractivity contribution in [3.8, 4) is 0 Å². The Morgan fingerprint density at radius 3 is 2.76 bits per heavy atom. The first kappa shape index (κ1) is 19.3. The van der Waals surface area contributed by atoms with Crippen molar-refractivity contribution < 1.29 is 4.79 Å². The average molecular weight is 391 g/mol. The number of aryl methyl sites for hydroxylation is 1. The summed E-state index contributed by atoms with van der Waals surface area (Å²) in [7, 11) is 0. The number of rotatable bonds is 6. The number of nitrogens with zero attached hydrogens (tertiary/aromatic N) is 4. The lowest BCUT2D eigenvalue weighted by atomic mass is 9.99. The Morgan fingerprint density at radius 1 is 1.14 bits per heavy atom. The summed E-state index contributed by atoms with van der Waals surface area (Å²) in [5, 5.41) is 11.5. The number of carbonyl (C=O) groups is 1. The second-order valence-corrected chi connectivity index (χ2v) is 7.53. The summed E-state index contributed by atoms with van der Waals surface area (Å²) in [6.45, 7) is 4.84. The van der Waals surface area contributed by atoms with Crippen molar-refractivity contribution in [1.29, 1.82) is 0 Å². The number of carbonyl (C=O) groups excluding carboxylic acids is 1. The molecule has 0 radical (unpaired) electrons. The van der Waals surface area contributed by atoms with Crippen LogP contribution in [0.1, 0.15) is 24.5 Å². The third-order valence-electron chi connectivity index (χ3n) is 5.56. The molecule has 1 amide bonds. The maximum absolute atomic E-state index is 12.4. The zero-order valence-corrected chi connectivity index (χ0v) is 16.5. The van der Waals surface area contributed by atoms with Gasteiger partial charge in [-0.3, -0.25) is 14.5 Å². The van der Waals surface area contributed by atoms with Crippen LogP contribution in [0.2, 0.25) is 0 Å². The molecule has 1 aromatic heterocycles. The van der Waals surface area contributed by atoms with Crippen LogP contribution < -0.4 is 10.9 Å². The first-order chi connectivity index (χ1) is 14.1. The van der Waals surface area contributed by atoms with Gasteiger partial charge in [-0.15, -0.1) is 5.10 Å². The van der Waals surface area contributed by atoms with Crippen LogP contribution in [0.3, 0.4) is 0 Å². The first-order valence-corrected chi connectivity index (χ1v) is 10.0. The normalized spacial score (nSPS) is 15.1. The third kappa shape index (κ3) is 4.35. The molecule has 2 heterocycles. The molecule has 0 saturated heterocycles. The van der Waals surface area contributed by atoms with Gasteiger partial charge in [-0.2, -0.15) is 0 Å². The van der Waals surface area contributed by atoms with E-state index in [-0.39, 0.29) is 30.5 Å². The van der Waals surface area contributed by atoms with Crippen LogP contribution in [0.5, 0.6) is 0 Å². The van der Waals surface area contributed by atoms with Crippen LogP contribution in [0, 0.1) is 0 Å². The van der Waals surface area contributed by atoms with E-state index in [1.807, 2.05) is 6.07 Å². The first-order valence-electron chi connectivity index (χ1n) is 10.0. The molecule has 7 nitrogen and oxygen atoms in total. The molecule has 0 bridgehead atoms. The van der Waals surface area contributed by atoms with Gasteiger partial charge in [0.05, 0.1) is 11.9 Å². The Morgan fingerprint density at radius 2 is 1.90 bits per heavy atom. The van der Waals surface area contributed by atoms with Crippen molar-refractivity contribution >= 4 is 16.8 Å². The highest BCUT2D eigenvalue weighted by molar-refractivity contribution is 5.77. The molecule has 7 heteroatoms. The summed E-state index contributed by atoms with van der Waals surface area (Å²) in [4.78, 5) is 27.1. The van der Waals surface area contributed by atoms with E-state index in [0.29, 0.717) is 17.4 Å². The molecule has 0 fully saturated rings. The smallest absolute Gasteiger partial charge is 0.277 e. The summed E-state index contributed by atoms with van der Waals surface area (Å²) in [6, 6.07) is 15.9. The Bertz CT molecular complexity index is 1080. The number of hydrogen-bond acceptors (Lipinski definition) is 5. The molecular weight excluding hydrogens is 366 g/mol. The molecular formula is C22H25N5O2. The number of benzene rings is 2. The highest BCUT2D eigenvalue weighted by atomic mass is 16.2. The molecule has 0 aliphatic carbocycles. The van der Waals surface area contributed by atoms with Gasteiger partial charge < -0.3 is 5.32 Å². The van der Waals surface area contributed by atoms with Crippen molar-refractivity contribution in [2.45, 2.75) is 38.9 Å². The summed E-state index contributed by atoms with van der Waals surface area (Å²) in [5.74, 6) is -0.0869. The minimum absolute atomic E-state index is 0.0869. The molecule has 29 heavy (non-hydrogen) atoms. The lowest BCUT2D eigenvalue weighted by molar-refractivity contribution is -0.121. The van der Waals surface area contributed by atoms with Crippen LogP contribution >= 0.6 is 0 Å². The Labute approximate surface area is 169 Å². The predicted octanol–water partition coefficient (Wildman–Crippen LogP) is 1.74. The number of amides is 1. The van der Waals surface area contributed by atoms with E-state index >= 15 is 0 Å². The van der Waals surface area contributed by atoms with Crippen LogP contribution in [0.25, 0.3) is 10.9 Å². The molecule has 3 aromatic rings. The molecule has 4 rings (SSSR count). The van der Waals surface area contributed by atoms with Gasteiger partial charge in [0.15, 0.2) is 0 Å². The van der Waals surface area contributed by atoms with Crippen molar-refractivity contribution in [3.63, 3.8) is 0 Å². The fourth-order valence-electron chi connectivity index (χ4n) is 3.75. The van der Waals surface area contributed by atoms with Crippen LogP contribution in [0.15, 0.2) is 53.3 Å². The van der Waals surface area contributed by atoms with E-state index in [1.165, 1.54) is 15.8 Å². The van der Waals surface area contributed by atoms with Crippen LogP contribution in [-0.4, -0.2) is 44.9 Å². The highest BCUT2D eigenvalue weighted by Crippen LogP contribution is 2.19.